The summed E-state index contributed by atoms with van der Waals surface area (Å²) < 4.78 is 31.7. The van der Waals surface area contributed by atoms with Crippen molar-refractivity contribution in [3.63, 3.8) is 0 Å². The van der Waals surface area contributed by atoms with Crippen LogP contribution in [0.2, 0.25) is 0 Å². The van der Waals surface area contributed by atoms with Crippen LogP contribution in [0, 0.1) is 19.8 Å². The van der Waals surface area contributed by atoms with Gasteiger partial charge in [-0.05, 0) is 49.9 Å². The van der Waals surface area contributed by atoms with Crippen molar-refractivity contribution < 1.29 is 22.7 Å². The van der Waals surface area contributed by atoms with E-state index in [1.165, 1.54) is 11.4 Å². The number of ether oxygens (including phenoxy) is 1. The van der Waals surface area contributed by atoms with Crippen molar-refractivity contribution in [2.24, 2.45) is 5.92 Å². The van der Waals surface area contributed by atoms with Gasteiger partial charge in [-0.1, -0.05) is 35.9 Å². The van der Waals surface area contributed by atoms with Gasteiger partial charge in [-0.15, -0.1) is 0 Å². The first-order chi connectivity index (χ1) is 14.7. The Bertz CT molecular complexity index is 1060. The topological polar surface area (TPSA) is 92.8 Å². The lowest BCUT2D eigenvalue weighted by atomic mass is 9.97. The number of nitrogens with zero attached hydrogens (tertiary/aromatic N) is 1. The van der Waals surface area contributed by atoms with Crippen molar-refractivity contribution >= 4 is 27.6 Å². The van der Waals surface area contributed by atoms with Gasteiger partial charge in [0.1, 0.15) is 0 Å². The quantitative estimate of drug-likeness (QED) is 0.691. The van der Waals surface area contributed by atoms with Crippen molar-refractivity contribution in [1.82, 2.24) is 4.31 Å². The molecular weight excluding hydrogens is 416 g/mol. The van der Waals surface area contributed by atoms with E-state index >= 15 is 0 Å². The molecule has 8 heteroatoms. The summed E-state index contributed by atoms with van der Waals surface area (Å²) in [5.41, 5.74) is 3.59. The van der Waals surface area contributed by atoms with Crippen molar-refractivity contribution in [3.8, 4) is 0 Å². The van der Waals surface area contributed by atoms with E-state index < -0.39 is 16.0 Å². The van der Waals surface area contributed by atoms with Gasteiger partial charge in [0, 0.05) is 24.7 Å². The zero-order chi connectivity index (χ0) is 22.6. The molecule has 1 saturated heterocycles. The van der Waals surface area contributed by atoms with Crippen molar-refractivity contribution in [3.05, 3.63) is 64.7 Å². The number of aryl methyl sites for hydroxylation is 2. The lowest BCUT2D eigenvalue weighted by molar-refractivity contribution is -0.120. The van der Waals surface area contributed by atoms with Gasteiger partial charge in [-0.3, -0.25) is 4.79 Å². The number of carbonyl (C=O) groups excluding carboxylic acids is 2. The normalized spacial score (nSPS) is 15.5. The first-order valence-electron chi connectivity index (χ1n) is 10.2. The first kappa shape index (κ1) is 23.0. The Morgan fingerprint density at radius 3 is 2.32 bits per heavy atom. The molecule has 2 aromatic carbocycles. The van der Waals surface area contributed by atoms with Crippen LogP contribution in [0.5, 0.6) is 0 Å². The average molecular weight is 445 g/mol. The number of rotatable bonds is 6. The molecule has 3 rings (SSSR count). The third kappa shape index (κ3) is 5.71. The maximum Gasteiger partial charge on any atom is 0.337 e. The molecule has 166 valence electrons. The second-order valence-corrected chi connectivity index (χ2v) is 9.89. The lowest BCUT2D eigenvalue weighted by Gasteiger charge is -2.30. The van der Waals surface area contributed by atoms with Crippen LogP contribution >= 0.6 is 0 Å². The summed E-state index contributed by atoms with van der Waals surface area (Å²) in [6.45, 7) is 4.43. The maximum atomic E-state index is 12.8. The number of hydrogen-bond acceptors (Lipinski definition) is 5. The molecule has 1 aliphatic rings. The minimum atomic E-state index is -3.43. The SMILES string of the molecule is COC(=O)c1ccc(C)c(NC(=O)C2CCN(S(=O)(=O)Cc3ccc(C)cc3)CC2)c1. The van der Waals surface area contributed by atoms with Gasteiger partial charge in [-0.2, -0.15) is 0 Å². The van der Waals surface area contributed by atoms with Crippen LogP contribution in [0.1, 0.15) is 39.9 Å². The van der Waals surface area contributed by atoms with Gasteiger partial charge in [0.25, 0.3) is 0 Å². The van der Waals surface area contributed by atoms with Gasteiger partial charge in [0.05, 0.1) is 18.4 Å². The molecule has 2 aromatic rings. The first-order valence-corrected chi connectivity index (χ1v) is 11.8. The van der Waals surface area contributed by atoms with E-state index in [9.17, 15) is 18.0 Å². The molecule has 0 spiro atoms. The zero-order valence-corrected chi connectivity index (χ0v) is 18.9. The molecule has 1 aliphatic heterocycles. The highest BCUT2D eigenvalue weighted by Gasteiger charge is 2.31. The summed E-state index contributed by atoms with van der Waals surface area (Å²) in [5.74, 6) is -0.959. The maximum absolute atomic E-state index is 12.8. The molecule has 1 heterocycles. The van der Waals surface area contributed by atoms with Crippen LogP contribution in [0.4, 0.5) is 5.69 Å². The number of sulfonamides is 1. The van der Waals surface area contributed by atoms with Gasteiger partial charge in [0.15, 0.2) is 0 Å². The van der Waals surface area contributed by atoms with Crippen LogP contribution in [0.25, 0.3) is 0 Å². The van der Waals surface area contributed by atoms with Crippen LogP contribution in [0.15, 0.2) is 42.5 Å². The molecule has 1 amide bonds. The summed E-state index contributed by atoms with van der Waals surface area (Å²) in [4.78, 5) is 24.5. The van der Waals surface area contributed by atoms with Crippen LogP contribution in [-0.2, 0) is 25.3 Å². The highest BCUT2D eigenvalue weighted by atomic mass is 32.2. The van der Waals surface area contributed by atoms with E-state index in [0.29, 0.717) is 37.2 Å². The molecular formula is C23H28N2O5S. The number of amides is 1. The number of benzene rings is 2. The summed E-state index contributed by atoms with van der Waals surface area (Å²) in [6, 6.07) is 12.5. The van der Waals surface area contributed by atoms with Gasteiger partial charge in [-0.25, -0.2) is 17.5 Å². The third-order valence-corrected chi connectivity index (χ3v) is 7.45. The number of anilines is 1. The molecule has 0 unspecified atom stereocenters. The highest BCUT2D eigenvalue weighted by Crippen LogP contribution is 2.25. The molecule has 0 atom stereocenters. The molecule has 0 aromatic heterocycles. The molecule has 1 fully saturated rings. The third-order valence-electron chi connectivity index (χ3n) is 5.60. The Hall–Kier alpha value is -2.71. The largest absolute Gasteiger partial charge is 0.465 e. The minimum Gasteiger partial charge on any atom is -0.465 e. The van der Waals surface area contributed by atoms with E-state index in [0.717, 1.165) is 16.7 Å². The standard InChI is InChI=1S/C23H28N2O5S/c1-16-4-7-18(8-5-16)15-31(28,29)25-12-10-19(11-13-25)22(26)24-21-14-20(23(27)30-3)9-6-17(21)2/h4-9,14,19H,10-13,15H2,1-3H3,(H,24,26). The smallest absolute Gasteiger partial charge is 0.337 e. The number of piperidine rings is 1. The molecule has 0 bridgehead atoms. The van der Waals surface area contributed by atoms with E-state index in [1.807, 2.05) is 38.1 Å². The number of hydrogen-bond donors (Lipinski definition) is 1. The fraction of sp³-hybridized carbons (Fsp3) is 0.391. The summed E-state index contributed by atoms with van der Waals surface area (Å²) >= 11 is 0. The van der Waals surface area contributed by atoms with Crippen molar-refractivity contribution in [1.29, 1.82) is 0 Å². The molecule has 0 saturated carbocycles. The monoisotopic (exact) mass is 444 g/mol. The van der Waals surface area contributed by atoms with E-state index in [-0.39, 0.29) is 17.6 Å². The fourth-order valence-corrected chi connectivity index (χ4v) is 5.18. The Labute approximate surface area is 183 Å². The van der Waals surface area contributed by atoms with Gasteiger partial charge >= 0.3 is 5.97 Å². The number of nitrogens with one attached hydrogen (secondary N) is 1. The summed E-state index contributed by atoms with van der Waals surface area (Å²) in [6.07, 6.45) is 0.906. The second-order valence-electron chi connectivity index (χ2n) is 7.93. The van der Waals surface area contributed by atoms with E-state index in [2.05, 4.69) is 5.32 Å². The Morgan fingerprint density at radius 1 is 1.06 bits per heavy atom. The van der Waals surface area contributed by atoms with Gasteiger partial charge in [0.2, 0.25) is 15.9 Å². The lowest BCUT2D eigenvalue weighted by Crippen LogP contribution is -2.41. The van der Waals surface area contributed by atoms with Crippen LogP contribution in [-0.4, -0.2) is 44.8 Å². The molecule has 7 nitrogen and oxygen atoms in total. The fourth-order valence-electron chi connectivity index (χ4n) is 3.62. The molecule has 31 heavy (non-hydrogen) atoms. The Kier molecular flexibility index (Phi) is 7.12. The molecule has 0 aliphatic carbocycles. The van der Waals surface area contributed by atoms with Crippen molar-refractivity contribution in [2.45, 2.75) is 32.4 Å². The minimum absolute atomic E-state index is 0.0380. The zero-order valence-electron chi connectivity index (χ0n) is 18.1. The van der Waals surface area contributed by atoms with E-state index in [4.69, 9.17) is 4.74 Å². The van der Waals surface area contributed by atoms with Crippen molar-refractivity contribution in [2.75, 3.05) is 25.5 Å². The predicted molar refractivity (Wildman–Crippen MR) is 119 cm³/mol. The van der Waals surface area contributed by atoms with Crippen LogP contribution in [0.3, 0.4) is 0 Å². The Balaban J connectivity index is 1.59. The predicted octanol–water partition coefficient (Wildman–Crippen LogP) is 3.27. The summed E-state index contributed by atoms with van der Waals surface area (Å²) in [5, 5.41) is 2.88. The average Bonchev–Trinajstić information content (AvgIpc) is 2.76. The van der Waals surface area contributed by atoms with Crippen LogP contribution < -0.4 is 5.32 Å². The van der Waals surface area contributed by atoms with Gasteiger partial charge < -0.3 is 10.1 Å². The molecule has 0 radical (unpaired) electrons. The van der Waals surface area contributed by atoms with E-state index in [1.54, 1.807) is 18.2 Å². The second kappa shape index (κ2) is 9.62. The Morgan fingerprint density at radius 2 is 1.71 bits per heavy atom. The summed E-state index contributed by atoms with van der Waals surface area (Å²) in [7, 11) is -2.13. The highest BCUT2D eigenvalue weighted by molar-refractivity contribution is 7.88. The number of carbonyl (C=O) groups is 2. The number of methoxy groups -OCH3 is 1. The molecule has 1 N–H and O–H groups in total. The number of esters is 1.